The largest absolute Gasteiger partial charge is 0.349 e. The van der Waals surface area contributed by atoms with E-state index < -0.39 is 4.92 Å². The minimum atomic E-state index is -0.444. The quantitative estimate of drug-likeness (QED) is 0.553. The van der Waals surface area contributed by atoms with Crippen LogP contribution in [0.15, 0.2) is 42.9 Å². The van der Waals surface area contributed by atoms with Crippen LogP contribution < -0.4 is 5.32 Å². The number of pyridine rings is 1. The first-order valence-electron chi connectivity index (χ1n) is 5.52. The van der Waals surface area contributed by atoms with Crippen LogP contribution in [0.3, 0.4) is 0 Å². The van der Waals surface area contributed by atoms with E-state index in [1.807, 2.05) is 18.2 Å². The van der Waals surface area contributed by atoms with Gasteiger partial charge in [-0.15, -0.1) is 0 Å². The maximum Gasteiger partial charge on any atom is 0.295 e. The van der Waals surface area contributed by atoms with Crippen molar-refractivity contribution in [2.45, 2.75) is 0 Å². The molecule has 0 aliphatic heterocycles. The average molecular weight is 255 g/mol. The van der Waals surface area contributed by atoms with Crippen LogP contribution in [-0.2, 0) is 0 Å². The number of nitrogens with zero attached hydrogens (tertiary/aromatic N) is 3. The fourth-order valence-electron chi connectivity index (χ4n) is 1.82. The van der Waals surface area contributed by atoms with Gasteiger partial charge in [-0.3, -0.25) is 20.2 Å². The van der Waals surface area contributed by atoms with Crippen molar-refractivity contribution < 1.29 is 4.92 Å². The van der Waals surface area contributed by atoms with Crippen molar-refractivity contribution in [1.82, 2.24) is 15.2 Å². The molecule has 0 radical (unpaired) electrons. The first kappa shape index (κ1) is 11.1. The third-order valence-corrected chi connectivity index (χ3v) is 2.71. The van der Waals surface area contributed by atoms with Crippen molar-refractivity contribution in [2.24, 2.45) is 0 Å². The van der Waals surface area contributed by atoms with Crippen molar-refractivity contribution in [3.05, 3.63) is 53.0 Å². The summed E-state index contributed by atoms with van der Waals surface area (Å²) in [5.74, 6) is 0. The Kier molecular flexibility index (Phi) is 2.57. The lowest BCUT2D eigenvalue weighted by atomic mass is 10.2. The zero-order valence-electron chi connectivity index (χ0n) is 9.70. The number of fused-ring (bicyclic) bond motifs is 1. The predicted octanol–water partition coefficient (Wildman–Crippen LogP) is 2.61. The molecule has 0 amide bonds. The molecule has 0 aliphatic rings. The SMILES string of the molecule is O=[N+]([O-])c1ccncc1Nc1ccc2[nH]ncc2c1. The van der Waals surface area contributed by atoms with Crippen LogP contribution >= 0.6 is 0 Å². The van der Waals surface area contributed by atoms with Gasteiger partial charge in [0.05, 0.1) is 22.8 Å². The third kappa shape index (κ3) is 2.08. The van der Waals surface area contributed by atoms with Crippen molar-refractivity contribution in [3.8, 4) is 0 Å². The molecule has 0 atom stereocenters. The molecule has 0 saturated carbocycles. The number of aromatic amines is 1. The van der Waals surface area contributed by atoms with Gasteiger partial charge in [-0.1, -0.05) is 0 Å². The van der Waals surface area contributed by atoms with E-state index in [4.69, 9.17) is 0 Å². The Balaban J connectivity index is 1.98. The van der Waals surface area contributed by atoms with Crippen molar-refractivity contribution in [1.29, 1.82) is 0 Å². The molecular formula is C12H9N5O2. The molecule has 0 saturated heterocycles. The Morgan fingerprint density at radius 3 is 3.00 bits per heavy atom. The van der Waals surface area contributed by atoms with Gasteiger partial charge in [-0.05, 0) is 18.2 Å². The van der Waals surface area contributed by atoms with Crippen LogP contribution in [0.1, 0.15) is 0 Å². The second-order valence-electron chi connectivity index (χ2n) is 3.95. The van der Waals surface area contributed by atoms with E-state index in [0.717, 1.165) is 16.6 Å². The Labute approximate surface area is 107 Å². The van der Waals surface area contributed by atoms with Crippen LogP contribution in [0.4, 0.5) is 17.1 Å². The molecule has 7 nitrogen and oxygen atoms in total. The molecule has 3 aromatic rings. The zero-order valence-corrected chi connectivity index (χ0v) is 9.70. The Morgan fingerprint density at radius 2 is 2.16 bits per heavy atom. The summed E-state index contributed by atoms with van der Waals surface area (Å²) in [6.07, 6.45) is 4.51. The standard InChI is InChI=1S/C12H9N5O2/c18-17(19)12-3-4-13-7-11(12)15-9-1-2-10-8(5-9)6-14-16-10/h1-7,15H,(H,14,16). The highest BCUT2D eigenvalue weighted by Gasteiger charge is 2.13. The second kappa shape index (κ2) is 4.37. The predicted molar refractivity (Wildman–Crippen MR) is 70.3 cm³/mol. The number of anilines is 2. The molecule has 2 heterocycles. The normalized spacial score (nSPS) is 10.5. The lowest BCUT2D eigenvalue weighted by Crippen LogP contribution is -1.97. The monoisotopic (exact) mass is 255 g/mol. The second-order valence-corrected chi connectivity index (χ2v) is 3.95. The Morgan fingerprint density at radius 1 is 1.26 bits per heavy atom. The average Bonchev–Trinajstić information content (AvgIpc) is 2.86. The van der Waals surface area contributed by atoms with Crippen LogP contribution in [0, 0.1) is 10.1 Å². The van der Waals surface area contributed by atoms with Crippen molar-refractivity contribution in [3.63, 3.8) is 0 Å². The van der Waals surface area contributed by atoms with Gasteiger partial charge in [0.15, 0.2) is 0 Å². The highest BCUT2D eigenvalue weighted by Crippen LogP contribution is 2.27. The summed E-state index contributed by atoms with van der Waals surface area (Å²) in [5.41, 5.74) is 1.99. The first-order valence-corrected chi connectivity index (χ1v) is 5.52. The van der Waals surface area contributed by atoms with Gasteiger partial charge in [0, 0.05) is 23.3 Å². The summed E-state index contributed by atoms with van der Waals surface area (Å²) in [6, 6.07) is 6.89. The van der Waals surface area contributed by atoms with E-state index in [0.29, 0.717) is 5.69 Å². The number of hydrogen-bond acceptors (Lipinski definition) is 5. The molecule has 0 fully saturated rings. The van der Waals surface area contributed by atoms with Gasteiger partial charge in [0.25, 0.3) is 5.69 Å². The van der Waals surface area contributed by atoms with E-state index in [9.17, 15) is 10.1 Å². The summed E-state index contributed by atoms with van der Waals surface area (Å²) < 4.78 is 0. The number of hydrogen-bond donors (Lipinski definition) is 2. The van der Waals surface area contributed by atoms with Crippen molar-refractivity contribution >= 4 is 28.0 Å². The minimum Gasteiger partial charge on any atom is -0.349 e. The lowest BCUT2D eigenvalue weighted by Gasteiger charge is -2.06. The summed E-state index contributed by atoms with van der Waals surface area (Å²) >= 11 is 0. The Bertz CT molecular complexity index is 752. The molecule has 2 N–H and O–H groups in total. The molecule has 2 aromatic heterocycles. The van der Waals surface area contributed by atoms with E-state index >= 15 is 0 Å². The maximum atomic E-state index is 10.9. The van der Waals surface area contributed by atoms with Crippen LogP contribution in [0.2, 0.25) is 0 Å². The fraction of sp³-hybridized carbons (Fsp3) is 0. The molecule has 1 aromatic carbocycles. The molecule has 0 bridgehead atoms. The topological polar surface area (TPSA) is 96.7 Å². The first-order chi connectivity index (χ1) is 9.24. The van der Waals surface area contributed by atoms with E-state index in [2.05, 4.69) is 20.5 Å². The zero-order chi connectivity index (χ0) is 13.2. The van der Waals surface area contributed by atoms with Gasteiger partial charge in [-0.25, -0.2) is 0 Å². The van der Waals surface area contributed by atoms with Gasteiger partial charge >= 0.3 is 0 Å². The molecule has 3 rings (SSSR count). The highest BCUT2D eigenvalue weighted by molar-refractivity contribution is 5.83. The lowest BCUT2D eigenvalue weighted by molar-refractivity contribution is -0.384. The molecule has 94 valence electrons. The maximum absolute atomic E-state index is 10.9. The molecule has 7 heteroatoms. The van der Waals surface area contributed by atoms with E-state index in [-0.39, 0.29) is 5.69 Å². The van der Waals surface area contributed by atoms with Crippen LogP contribution in [0.25, 0.3) is 10.9 Å². The minimum absolute atomic E-state index is 0.0118. The number of rotatable bonds is 3. The number of benzene rings is 1. The van der Waals surface area contributed by atoms with Gasteiger partial charge in [-0.2, -0.15) is 5.10 Å². The van der Waals surface area contributed by atoms with Crippen LogP contribution in [0.5, 0.6) is 0 Å². The molecular weight excluding hydrogens is 246 g/mol. The third-order valence-electron chi connectivity index (χ3n) is 2.71. The molecule has 0 unspecified atom stereocenters. The summed E-state index contributed by atoms with van der Waals surface area (Å²) in [6.45, 7) is 0. The van der Waals surface area contributed by atoms with E-state index in [1.165, 1.54) is 18.5 Å². The van der Waals surface area contributed by atoms with E-state index in [1.54, 1.807) is 6.20 Å². The number of nitrogens with one attached hydrogen (secondary N) is 2. The molecule has 0 spiro atoms. The van der Waals surface area contributed by atoms with Gasteiger partial charge < -0.3 is 5.32 Å². The van der Waals surface area contributed by atoms with Crippen molar-refractivity contribution in [2.75, 3.05) is 5.32 Å². The smallest absolute Gasteiger partial charge is 0.295 e. The molecule has 19 heavy (non-hydrogen) atoms. The van der Waals surface area contributed by atoms with Crippen LogP contribution in [-0.4, -0.2) is 20.1 Å². The number of nitro groups is 1. The summed E-state index contributed by atoms with van der Waals surface area (Å²) in [4.78, 5) is 14.4. The highest BCUT2D eigenvalue weighted by atomic mass is 16.6. The summed E-state index contributed by atoms with van der Waals surface area (Å²) in [5, 5.41) is 21.6. The number of H-pyrrole nitrogens is 1. The molecule has 0 aliphatic carbocycles. The fourth-order valence-corrected chi connectivity index (χ4v) is 1.82. The van der Waals surface area contributed by atoms with Gasteiger partial charge in [0.2, 0.25) is 0 Å². The number of aromatic nitrogens is 3. The summed E-state index contributed by atoms with van der Waals surface area (Å²) in [7, 11) is 0. The Hall–Kier alpha value is -2.96. The van der Waals surface area contributed by atoms with Gasteiger partial charge in [0.1, 0.15) is 5.69 Å².